The molecule has 1 saturated heterocycles. The predicted octanol–water partition coefficient (Wildman–Crippen LogP) is 6.54. The molecule has 4 aliphatic rings. The molecule has 0 aromatic heterocycles. The summed E-state index contributed by atoms with van der Waals surface area (Å²) < 4.78 is 6.07. The van der Waals surface area contributed by atoms with Crippen molar-refractivity contribution in [2.75, 3.05) is 41.4 Å². The van der Waals surface area contributed by atoms with Gasteiger partial charge in [-0.15, -0.1) is 0 Å². The summed E-state index contributed by atoms with van der Waals surface area (Å²) in [5.41, 5.74) is 4.82. The summed E-state index contributed by atoms with van der Waals surface area (Å²) in [5.74, 6) is 2.21. The number of amides is 2. The molecule has 3 aromatic carbocycles. The molecule has 7 rings (SSSR count). The van der Waals surface area contributed by atoms with Crippen LogP contribution in [0.4, 0.5) is 0 Å². The Morgan fingerprint density at radius 3 is 2.30 bits per heavy atom. The highest BCUT2D eigenvalue weighted by Gasteiger charge is 2.57. The summed E-state index contributed by atoms with van der Waals surface area (Å²) in [6, 6.07) is 23.6. The lowest BCUT2D eigenvalue weighted by Gasteiger charge is -2.62. The average molecular weight is 739 g/mol. The number of benzene rings is 3. The number of fused-ring (bicyclic) bond motifs is 2. The molecule has 0 spiro atoms. The monoisotopic (exact) mass is 738 g/mol. The third-order valence-corrected chi connectivity index (χ3v) is 13.1. The molecule has 2 N–H and O–H groups in total. The van der Waals surface area contributed by atoms with E-state index in [0.29, 0.717) is 41.0 Å². The molecule has 3 saturated carbocycles. The van der Waals surface area contributed by atoms with Crippen LogP contribution >= 0.6 is 0 Å². The SMILES string of the molecule is COc1c(CN2OC(CO)[C@@H](C(C)C)[C@H]2C(=O)NC2C[C@H]3C[C@@H]([C@@H]2C)C3(C)C)cccc1-c1ccc(C(=O)N(C)[C@@H](Cc2ccccc2)CN(C)C)cc1. The van der Waals surface area contributed by atoms with Crippen molar-refractivity contribution in [2.24, 2.45) is 35.0 Å². The summed E-state index contributed by atoms with van der Waals surface area (Å²) in [7, 11) is 7.61. The molecule has 9 nitrogen and oxygen atoms in total. The summed E-state index contributed by atoms with van der Waals surface area (Å²) in [6.45, 7) is 12.1. The quantitative estimate of drug-likeness (QED) is 0.194. The number of nitrogens with zero attached hydrogens (tertiary/aromatic N) is 3. The first-order valence-corrected chi connectivity index (χ1v) is 19.8. The first-order valence-electron chi connectivity index (χ1n) is 19.8. The molecule has 3 aliphatic carbocycles. The van der Waals surface area contributed by atoms with E-state index in [1.807, 2.05) is 86.7 Å². The fraction of sp³-hybridized carbons (Fsp3) is 0.556. The van der Waals surface area contributed by atoms with E-state index in [1.54, 1.807) is 12.2 Å². The number of nitrogens with one attached hydrogen (secondary N) is 1. The highest BCUT2D eigenvalue weighted by molar-refractivity contribution is 5.95. The van der Waals surface area contributed by atoms with Crippen LogP contribution in [0.2, 0.25) is 0 Å². The van der Waals surface area contributed by atoms with Crippen molar-refractivity contribution < 1.29 is 24.3 Å². The number of hydrogen-bond donors (Lipinski definition) is 2. The minimum absolute atomic E-state index is 0.00890. The Balaban J connectivity index is 1.21. The molecule has 9 heteroatoms. The third-order valence-electron chi connectivity index (χ3n) is 13.1. The maximum atomic E-state index is 14.3. The highest BCUT2D eigenvalue weighted by Crippen LogP contribution is 2.61. The molecule has 4 fully saturated rings. The molecule has 1 aliphatic heterocycles. The second kappa shape index (κ2) is 16.5. The van der Waals surface area contributed by atoms with Gasteiger partial charge in [0, 0.05) is 48.3 Å². The first kappa shape index (κ1) is 39.9. The number of likely N-dealkylation sites (N-methyl/N-ethyl adjacent to an activating group) is 2. The molecule has 2 unspecified atom stereocenters. The van der Waals surface area contributed by atoms with Crippen molar-refractivity contribution >= 4 is 11.8 Å². The first-order chi connectivity index (χ1) is 25.7. The van der Waals surface area contributed by atoms with Crippen molar-refractivity contribution in [3.8, 4) is 16.9 Å². The molecule has 2 bridgehead atoms. The molecular weight excluding hydrogens is 677 g/mol. The third kappa shape index (κ3) is 7.97. The molecule has 8 atom stereocenters. The maximum absolute atomic E-state index is 14.3. The van der Waals surface area contributed by atoms with Crippen molar-refractivity contribution in [2.45, 2.75) is 84.7 Å². The van der Waals surface area contributed by atoms with Crippen molar-refractivity contribution in [1.29, 1.82) is 0 Å². The van der Waals surface area contributed by atoms with Crippen LogP contribution in [0.25, 0.3) is 11.1 Å². The Bertz CT molecular complexity index is 1740. The Morgan fingerprint density at radius 1 is 1.00 bits per heavy atom. The number of hydrogen-bond acceptors (Lipinski definition) is 7. The molecular formula is C45H62N4O5. The zero-order chi connectivity index (χ0) is 38.9. The van der Waals surface area contributed by atoms with Gasteiger partial charge in [-0.1, -0.05) is 95.3 Å². The lowest BCUT2D eigenvalue weighted by molar-refractivity contribution is -0.183. The lowest BCUT2D eigenvalue weighted by Crippen LogP contribution is -2.62. The van der Waals surface area contributed by atoms with Gasteiger partial charge in [0.25, 0.3) is 5.91 Å². The zero-order valence-corrected chi connectivity index (χ0v) is 33.8. The minimum atomic E-state index is -0.561. The number of para-hydroxylation sites is 1. The molecule has 292 valence electrons. The number of carbonyl (C=O) groups is 2. The van der Waals surface area contributed by atoms with Crippen molar-refractivity contribution in [3.63, 3.8) is 0 Å². The van der Waals surface area contributed by atoms with Gasteiger partial charge in [-0.25, -0.2) is 0 Å². The van der Waals surface area contributed by atoms with E-state index >= 15 is 0 Å². The van der Waals surface area contributed by atoms with E-state index in [0.717, 1.165) is 36.1 Å². The van der Waals surface area contributed by atoms with Crippen LogP contribution in [0.5, 0.6) is 5.75 Å². The molecule has 1 heterocycles. The van der Waals surface area contributed by atoms with Crippen molar-refractivity contribution in [3.05, 3.63) is 89.5 Å². The maximum Gasteiger partial charge on any atom is 0.253 e. The van der Waals surface area contributed by atoms with Gasteiger partial charge in [0.1, 0.15) is 17.9 Å². The largest absolute Gasteiger partial charge is 0.496 e. The van der Waals surface area contributed by atoms with Gasteiger partial charge < -0.3 is 25.0 Å². The topological polar surface area (TPSA) is 94.6 Å². The number of carbonyl (C=O) groups excluding carboxylic acids is 2. The minimum Gasteiger partial charge on any atom is -0.496 e. The van der Waals surface area contributed by atoms with E-state index in [2.05, 4.69) is 57.0 Å². The van der Waals surface area contributed by atoms with Gasteiger partial charge >= 0.3 is 0 Å². The van der Waals surface area contributed by atoms with Crippen LogP contribution in [0.15, 0.2) is 72.8 Å². The van der Waals surface area contributed by atoms with Crippen LogP contribution in [-0.4, -0.2) is 97.4 Å². The number of aliphatic hydroxyl groups excluding tert-OH is 1. The van der Waals surface area contributed by atoms with Crippen LogP contribution in [0, 0.1) is 35.0 Å². The fourth-order valence-electron chi connectivity index (χ4n) is 9.84. The Hall–Kier alpha value is -3.76. The van der Waals surface area contributed by atoms with E-state index in [1.165, 1.54) is 12.0 Å². The van der Waals surface area contributed by atoms with E-state index in [-0.39, 0.29) is 42.3 Å². The van der Waals surface area contributed by atoms with E-state index in [4.69, 9.17) is 9.57 Å². The second-order valence-corrected chi connectivity index (χ2v) is 17.3. The summed E-state index contributed by atoms with van der Waals surface area (Å²) in [4.78, 5) is 38.5. The summed E-state index contributed by atoms with van der Waals surface area (Å²) >= 11 is 0. The standard InChI is InChI=1S/C45H62N4O5/c1-28(2)40-39(27-50)54-49(41(40)43(51)46-38-24-34-23-37(29(38)3)45(34,4)5)25-33-16-13-17-36(42(33)53-9)31-18-20-32(21-19-31)44(52)48(8)35(26-47(6)7)22-30-14-11-10-12-15-30/h10-21,28-29,34-35,37-41,50H,22-27H2,1-9H3,(H,46,51)/t29-,34+,35-,37-,38?,39?,40+,41-/m0/s1. The van der Waals surface area contributed by atoms with Gasteiger partial charge in [0.15, 0.2) is 0 Å². The predicted molar refractivity (Wildman–Crippen MR) is 214 cm³/mol. The van der Waals surface area contributed by atoms with E-state index in [9.17, 15) is 14.7 Å². The van der Waals surface area contributed by atoms with Gasteiger partial charge in [-0.2, -0.15) is 5.06 Å². The van der Waals surface area contributed by atoms with Crippen LogP contribution in [0.3, 0.4) is 0 Å². The number of hydroxylamine groups is 2. The highest BCUT2D eigenvalue weighted by atomic mass is 16.7. The van der Waals surface area contributed by atoms with Gasteiger partial charge in [0.2, 0.25) is 5.91 Å². The summed E-state index contributed by atoms with van der Waals surface area (Å²) in [6.07, 6.45) is 2.53. The Kier molecular flexibility index (Phi) is 12.2. The average Bonchev–Trinajstić information content (AvgIpc) is 3.53. The van der Waals surface area contributed by atoms with Crippen molar-refractivity contribution in [1.82, 2.24) is 20.2 Å². The molecule has 54 heavy (non-hydrogen) atoms. The molecule has 2 amide bonds. The Morgan fingerprint density at radius 2 is 1.70 bits per heavy atom. The van der Waals surface area contributed by atoms with E-state index < -0.39 is 12.1 Å². The fourth-order valence-corrected chi connectivity index (χ4v) is 9.84. The zero-order valence-electron chi connectivity index (χ0n) is 33.8. The number of methoxy groups -OCH3 is 1. The van der Waals surface area contributed by atoms with Crippen LogP contribution in [-0.2, 0) is 22.6 Å². The Labute approximate surface area is 323 Å². The normalized spacial score (nSPS) is 26.7. The molecule has 0 radical (unpaired) electrons. The smallest absolute Gasteiger partial charge is 0.253 e. The summed E-state index contributed by atoms with van der Waals surface area (Å²) in [5, 5.41) is 15.7. The second-order valence-electron chi connectivity index (χ2n) is 17.3. The number of aliphatic hydroxyl groups is 1. The molecule has 3 aromatic rings. The number of rotatable bonds is 14. The van der Waals surface area contributed by atoms with Crippen LogP contribution < -0.4 is 10.1 Å². The van der Waals surface area contributed by atoms with Gasteiger partial charge in [-0.3, -0.25) is 14.4 Å². The lowest BCUT2D eigenvalue weighted by atomic mass is 9.45. The van der Waals surface area contributed by atoms with Crippen LogP contribution in [0.1, 0.15) is 68.9 Å². The van der Waals surface area contributed by atoms with Gasteiger partial charge in [0.05, 0.1) is 20.3 Å². The van der Waals surface area contributed by atoms with Gasteiger partial charge in [-0.05, 0) is 85.7 Å². The number of ether oxygens (including phenoxy) is 1.